The van der Waals surface area contributed by atoms with Crippen LogP contribution in [0.3, 0.4) is 0 Å². The molecule has 1 unspecified atom stereocenters. The first-order valence-electron chi connectivity index (χ1n) is 11.9. The van der Waals surface area contributed by atoms with Crippen molar-refractivity contribution >= 4 is 23.4 Å². The normalized spacial score (nSPS) is 17.1. The molecule has 0 saturated heterocycles. The number of halogens is 2. The van der Waals surface area contributed by atoms with Crippen molar-refractivity contribution in [3.8, 4) is 5.75 Å². The number of carbonyl (C=O) groups excluding carboxylic acids is 3. The largest absolute Gasteiger partial charge is 0.469 e. The lowest BCUT2D eigenvalue weighted by Gasteiger charge is -2.30. The van der Waals surface area contributed by atoms with Crippen molar-refractivity contribution in [3.05, 3.63) is 71.2 Å². The third-order valence-corrected chi connectivity index (χ3v) is 6.39. The Morgan fingerprint density at radius 3 is 2.63 bits per heavy atom. The van der Waals surface area contributed by atoms with Gasteiger partial charge in [-0.25, -0.2) is 9.50 Å². The second-order valence-corrected chi connectivity index (χ2v) is 9.14. The Bertz CT molecular complexity index is 1390. The lowest BCUT2D eigenvalue weighted by molar-refractivity contribution is -0.152. The molecule has 10 nitrogen and oxygen atoms in total. The fourth-order valence-electron chi connectivity index (χ4n) is 4.18. The number of methoxy groups -OCH3 is 1. The van der Waals surface area contributed by atoms with E-state index >= 15 is 0 Å². The highest BCUT2D eigenvalue weighted by atomic mass is 19.3. The summed E-state index contributed by atoms with van der Waals surface area (Å²) in [5.74, 6) is -1.28. The van der Waals surface area contributed by atoms with Crippen molar-refractivity contribution < 1.29 is 32.6 Å². The van der Waals surface area contributed by atoms with Gasteiger partial charge in [0.2, 0.25) is 0 Å². The van der Waals surface area contributed by atoms with Gasteiger partial charge >= 0.3 is 12.6 Å². The van der Waals surface area contributed by atoms with Crippen LogP contribution in [-0.4, -0.2) is 52.6 Å². The maximum atomic E-state index is 13.1. The van der Waals surface area contributed by atoms with E-state index in [1.807, 2.05) is 13.0 Å². The van der Waals surface area contributed by atoms with Crippen molar-refractivity contribution in [3.63, 3.8) is 0 Å². The van der Waals surface area contributed by atoms with Crippen molar-refractivity contribution in [2.75, 3.05) is 13.7 Å². The van der Waals surface area contributed by atoms with Gasteiger partial charge in [0.25, 0.3) is 11.8 Å². The van der Waals surface area contributed by atoms with Gasteiger partial charge in [-0.15, -0.1) is 0 Å². The third-order valence-electron chi connectivity index (χ3n) is 6.39. The topological polar surface area (TPSA) is 124 Å². The molecule has 0 bridgehead atoms. The molecule has 12 heteroatoms. The maximum absolute atomic E-state index is 13.1. The number of nitrogens with zero attached hydrogens (tertiary/aromatic N) is 3. The lowest BCUT2D eigenvalue weighted by atomic mass is 9.76. The number of nitrogens with one attached hydrogen (secondary N) is 2. The molecule has 0 saturated carbocycles. The predicted octanol–water partition coefficient (Wildman–Crippen LogP) is 3.28. The van der Waals surface area contributed by atoms with E-state index in [0.29, 0.717) is 30.5 Å². The molecule has 2 amide bonds. The van der Waals surface area contributed by atoms with Crippen LogP contribution < -0.4 is 15.4 Å². The number of ether oxygens (including phenoxy) is 2. The molecule has 0 aliphatic heterocycles. The van der Waals surface area contributed by atoms with Gasteiger partial charge < -0.3 is 20.1 Å². The van der Waals surface area contributed by atoms with Crippen LogP contribution in [0.4, 0.5) is 8.78 Å². The van der Waals surface area contributed by atoms with Gasteiger partial charge in [0, 0.05) is 25.2 Å². The zero-order valence-corrected chi connectivity index (χ0v) is 20.9. The lowest BCUT2D eigenvalue weighted by Crippen LogP contribution is -2.33. The van der Waals surface area contributed by atoms with Crippen LogP contribution >= 0.6 is 0 Å². The quantitative estimate of drug-likeness (QED) is 0.323. The van der Waals surface area contributed by atoms with E-state index < -0.39 is 23.8 Å². The van der Waals surface area contributed by atoms with Crippen LogP contribution in [0.2, 0.25) is 0 Å². The number of esters is 1. The standard InChI is InChI=1S/C26H27F2N5O5/c1-26(24(36)37-2)9-6-16(7-10-26)14-30-23(35)20-13-19(32-21-8-11-31-33(20)21)22(34)29-15-17-4-3-5-18(12-17)38-25(27)28/h3-6,8,11-13,25H,7,9-10,14-15H2,1-2H3,(H,29,34)(H,30,35). The Labute approximate surface area is 217 Å². The zero-order valence-electron chi connectivity index (χ0n) is 20.9. The molecule has 38 heavy (non-hydrogen) atoms. The van der Waals surface area contributed by atoms with E-state index in [9.17, 15) is 23.2 Å². The number of aromatic nitrogens is 3. The van der Waals surface area contributed by atoms with Gasteiger partial charge in [0.1, 0.15) is 17.1 Å². The fourth-order valence-corrected chi connectivity index (χ4v) is 4.18. The summed E-state index contributed by atoms with van der Waals surface area (Å²) in [6.45, 7) is -0.785. The fraction of sp³-hybridized carbons (Fsp3) is 0.346. The van der Waals surface area contributed by atoms with Crippen LogP contribution in [-0.2, 0) is 16.1 Å². The summed E-state index contributed by atoms with van der Waals surface area (Å²) in [5, 5.41) is 9.65. The van der Waals surface area contributed by atoms with E-state index in [4.69, 9.17) is 4.74 Å². The number of rotatable bonds is 9. The Hall–Kier alpha value is -4.35. The average molecular weight is 528 g/mol. The van der Waals surface area contributed by atoms with Crippen molar-refractivity contribution in [2.24, 2.45) is 5.41 Å². The second-order valence-electron chi connectivity index (χ2n) is 9.14. The summed E-state index contributed by atoms with van der Waals surface area (Å²) in [5.41, 5.74) is 1.38. The van der Waals surface area contributed by atoms with Gasteiger partial charge in [0.15, 0.2) is 5.65 Å². The number of hydrogen-bond acceptors (Lipinski definition) is 7. The molecule has 0 fully saturated rings. The summed E-state index contributed by atoms with van der Waals surface area (Å²) < 4.78 is 35.5. The molecule has 1 aromatic carbocycles. The Morgan fingerprint density at radius 2 is 1.92 bits per heavy atom. The minimum Gasteiger partial charge on any atom is -0.469 e. The number of allylic oxidation sites excluding steroid dienone is 1. The van der Waals surface area contributed by atoms with E-state index in [1.165, 1.54) is 42.1 Å². The summed E-state index contributed by atoms with van der Waals surface area (Å²) in [6.07, 6.45) is 5.17. The maximum Gasteiger partial charge on any atom is 0.387 e. The Morgan fingerprint density at radius 1 is 1.13 bits per heavy atom. The van der Waals surface area contributed by atoms with Crippen LogP contribution in [0.25, 0.3) is 5.65 Å². The first kappa shape index (κ1) is 26.7. The van der Waals surface area contributed by atoms with E-state index in [-0.39, 0.29) is 36.2 Å². The monoisotopic (exact) mass is 527 g/mol. The summed E-state index contributed by atoms with van der Waals surface area (Å²) in [4.78, 5) is 42.2. The molecular weight excluding hydrogens is 500 g/mol. The van der Waals surface area contributed by atoms with Gasteiger partial charge in [0.05, 0.1) is 18.7 Å². The number of alkyl halides is 2. The SMILES string of the molecule is COC(=O)C1(C)CC=C(CNC(=O)c2cc(C(=O)NCc3cccc(OC(F)F)c3)nc3ccnn23)CC1. The zero-order chi connectivity index (χ0) is 27.3. The molecule has 2 heterocycles. The number of carbonyl (C=O) groups is 3. The molecule has 200 valence electrons. The number of benzene rings is 1. The Kier molecular flexibility index (Phi) is 7.99. The number of hydrogen-bond donors (Lipinski definition) is 2. The minimum atomic E-state index is -2.95. The van der Waals surface area contributed by atoms with Gasteiger partial charge in [-0.3, -0.25) is 14.4 Å². The summed E-state index contributed by atoms with van der Waals surface area (Å²) in [7, 11) is 1.37. The van der Waals surface area contributed by atoms with Crippen molar-refractivity contribution in [1.82, 2.24) is 25.2 Å². The minimum absolute atomic E-state index is 0.00568. The Balaban J connectivity index is 1.43. The highest BCUT2D eigenvalue weighted by molar-refractivity contribution is 5.98. The summed E-state index contributed by atoms with van der Waals surface area (Å²) in [6, 6.07) is 8.88. The smallest absolute Gasteiger partial charge is 0.387 e. The van der Waals surface area contributed by atoms with Crippen LogP contribution in [0.15, 0.2) is 54.2 Å². The van der Waals surface area contributed by atoms with Crippen molar-refractivity contribution in [1.29, 1.82) is 0 Å². The highest BCUT2D eigenvalue weighted by Gasteiger charge is 2.35. The molecule has 1 aliphatic rings. The molecule has 2 N–H and O–H groups in total. The van der Waals surface area contributed by atoms with Crippen molar-refractivity contribution in [2.45, 2.75) is 39.3 Å². The molecule has 3 aromatic rings. The summed E-state index contributed by atoms with van der Waals surface area (Å²) >= 11 is 0. The van der Waals surface area contributed by atoms with E-state index in [0.717, 1.165) is 5.57 Å². The molecule has 1 aliphatic carbocycles. The van der Waals surface area contributed by atoms with Gasteiger partial charge in [-0.1, -0.05) is 23.8 Å². The van der Waals surface area contributed by atoms with Crippen LogP contribution in [0.5, 0.6) is 5.75 Å². The van der Waals surface area contributed by atoms with E-state index in [2.05, 4.69) is 25.5 Å². The molecular formula is C26H27F2N5O5. The molecule has 4 rings (SSSR count). The predicted molar refractivity (Wildman–Crippen MR) is 132 cm³/mol. The molecule has 0 spiro atoms. The first-order valence-corrected chi connectivity index (χ1v) is 11.9. The second kappa shape index (κ2) is 11.4. The average Bonchev–Trinajstić information content (AvgIpc) is 3.39. The molecule has 1 atom stereocenters. The third kappa shape index (κ3) is 6.13. The van der Waals surface area contributed by atoms with Crippen LogP contribution in [0, 0.1) is 5.41 Å². The van der Waals surface area contributed by atoms with Gasteiger partial charge in [-0.2, -0.15) is 13.9 Å². The van der Waals surface area contributed by atoms with Crippen LogP contribution in [0.1, 0.15) is 52.7 Å². The number of amides is 2. The first-order chi connectivity index (χ1) is 18.2. The molecule has 0 radical (unpaired) electrons. The molecule has 2 aromatic heterocycles. The highest BCUT2D eigenvalue weighted by Crippen LogP contribution is 2.35. The van der Waals surface area contributed by atoms with Gasteiger partial charge in [-0.05, 0) is 43.9 Å². The number of fused-ring (bicyclic) bond motifs is 1. The van der Waals surface area contributed by atoms with E-state index in [1.54, 1.807) is 12.1 Å².